The Morgan fingerprint density at radius 2 is 1.90 bits per heavy atom. The number of fused-ring (bicyclic) bond motifs is 1. The van der Waals surface area contributed by atoms with E-state index < -0.39 is 0 Å². The van der Waals surface area contributed by atoms with Crippen LogP contribution in [0.1, 0.15) is 24.2 Å². The molecule has 1 aliphatic heterocycles. The minimum absolute atomic E-state index is 0.0271. The molecule has 0 saturated carbocycles. The highest BCUT2D eigenvalue weighted by Crippen LogP contribution is 2.24. The summed E-state index contributed by atoms with van der Waals surface area (Å²) < 4.78 is 13.9. The van der Waals surface area contributed by atoms with E-state index in [2.05, 4.69) is 19.2 Å². The molecule has 0 unspecified atom stereocenters. The van der Waals surface area contributed by atoms with E-state index in [1.165, 1.54) is 6.07 Å². The van der Waals surface area contributed by atoms with Crippen LogP contribution in [0.3, 0.4) is 0 Å². The highest BCUT2D eigenvalue weighted by atomic mass is 19.1. The topological polar surface area (TPSA) is 32.3 Å². The van der Waals surface area contributed by atoms with Crippen molar-refractivity contribution in [2.45, 2.75) is 19.4 Å². The molecule has 2 aromatic rings. The molecule has 1 aliphatic rings. The number of benzene rings is 2. The Hall–Kier alpha value is -1.94. The molecule has 1 heterocycles. The number of nitrogens with one attached hydrogen (secondary N) is 1. The highest BCUT2D eigenvalue weighted by molar-refractivity contribution is 6.07. The molecule has 21 heavy (non-hydrogen) atoms. The fourth-order valence-electron chi connectivity index (χ4n) is 2.93. The number of hydrogen-bond donors (Lipinski definition) is 1. The number of piperazine rings is 1. The van der Waals surface area contributed by atoms with E-state index in [0.717, 1.165) is 6.54 Å². The normalized spacial score (nSPS) is 18.0. The van der Waals surface area contributed by atoms with Gasteiger partial charge >= 0.3 is 0 Å². The molecule has 4 heteroatoms. The molecule has 0 atom stereocenters. The average molecular weight is 286 g/mol. The van der Waals surface area contributed by atoms with Gasteiger partial charge in [0.25, 0.3) is 5.91 Å². The molecule has 110 valence electrons. The lowest BCUT2D eigenvalue weighted by Crippen LogP contribution is -2.58. The summed E-state index contributed by atoms with van der Waals surface area (Å²) in [5, 5.41) is 4.56. The van der Waals surface area contributed by atoms with E-state index in [9.17, 15) is 9.18 Å². The van der Waals surface area contributed by atoms with Crippen molar-refractivity contribution in [1.29, 1.82) is 0 Å². The van der Waals surface area contributed by atoms with Gasteiger partial charge in [-0.15, -0.1) is 0 Å². The van der Waals surface area contributed by atoms with Crippen molar-refractivity contribution in [2.24, 2.45) is 0 Å². The Labute approximate surface area is 123 Å². The number of nitrogens with zero attached hydrogens (tertiary/aromatic N) is 1. The second-order valence-electron chi connectivity index (χ2n) is 6.18. The number of halogens is 1. The summed E-state index contributed by atoms with van der Waals surface area (Å²) in [5.41, 5.74) is 0.480. The molecule has 1 amide bonds. The molecule has 2 aromatic carbocycles. The number of hydrogen-bond acceptors (Lipinski definition) is 2. The van der Waals surface area contributed by atoms with E-state index in [-0.39, 0.29) is 17.3 Å². The van der Waals surface area contributed by atoms with Gasteiger partial charge in [-0.05, 0) is 31.4 Å². The lowest BCUT2D eigenvalue weighted by molar-refractivity contribution is 0.0654. The molecular weight excluding hydrogens is 267 g/mol. The van der Waals surface area contributed by atoms with Crippen LogP contribution in [-0.4, -0.2) is 36.0 Å². The summed E-state index contributed by atoms with van der Waals surface area (Å²) in [5.74, 6) is -0.316. The lowest BCUT2D eigenvalue weighted by atomic mass is 9.99. The van der Waals surface area contributed by atoms with Gasteiger partial charge in [-0.1, -0.05) is 24.3 Å². The first-order chi connectivity index (χ1) is 9.98. The Morgan fingerprint density at radius 3 is 2.62 bits per heavy atom. The molecule has 0 aliphatic carbocycles. The first-order valence-electron chi connectivity index (χ1n) is 7.19. The van der Waals surface area contributed by atoms with Crippen LogP contribution in [0.5, 0.6) is 0 Å². The van der Waals surface area contributed by atoms with Crippen LogP contribution in [0.15, 0.2) is 36.4 Å². The molecule has 0 bridgehead atoms. The summed E-state index contributed by atoms with van der Waals surface area (Å²) in [6.07, 6.45) is 0. The Balaban J connectivity index is 2.01. The third-order valence-electron chi connectivity index (χ3n) is 3.96. The van der Waals surface area contributed by atoms with Crippen LogP contribution >= 0.6 is 0 Å². The maximum Gasteiger partial charge on any atom is 0.254 e. The predicted molar refractivity (Wildman–Crippen MR) is 81.9 cm³/mol. The average Bonchev–Trinajstić information content (AvgIpc) is 2.46. The fraction of sp³-hybridized carbons (Fsp3) is 0.353. The quantitative estimate of drug-likeness (QED) is 0.874. The summed E-state index contributed by atoms with van der Waals surface area (Å²) >= 11 is 0. The molecule has 1 N–H and O–H groups in total. The Bertz CT molecular complexity index is 696. The number of carbonyl (C=O) groups is 1. The van der Waals surface area contributed by atoms with Gasteiger partial charge in [-0.3, -0.25) is 4.79 Å². The molecule has 0 radical (unpaired) electrons. The third kappa shape index (κ3) is 2.63. The van der Waals surface area contributed by atoms with Crippen molar-refractivity contribution in [1.82, 2.24) is 10.2 Å². The molecule has 0 aromatic heterocycles. The molecule has 3 rings (SSSR count). The predicted octanol–water partition coefficient (Wildman–Crippen LogP) is 2.80. The van der Waals surface area contributed by atoms with E-state index in [0.29, 0.717) is 29.4 Å². The van der Waals surface area contributed by atoms with E-state index in [1.54, 1.807) is 24.3 Å². The lowest BCUT2D eigenvalue weighted by Gasteiger charge is -2.39. The fourth-order valence-corrected chi connectivity index (χ4v) is 2.93. The van der Waals surface area contributed by atoms with Gasteiger partial charge in [-0.2, -0.15) is 0 Å². The molecular formula is C17H19FN2O. The van der Waals surface area contributed by atoms with Crippen molar-refractivity contribution in [3.05, 3.63) is 47.8 Å². The number of carbonyl (C=O) groups excluding carboxylic acids is 1. The zero-order valence-corrected chi connectivity index (χ0v) is 12.3. The molecule has 1 fully saturated rings. The first-order valence-corrected chi connectivity index (χ1v) is 7.19. The van der Waals surface area contributed by atoms with Crippen LogP contribution in [0.25, 0.3) is 10.8 Å². The Kier molecular flexibility index (Phi) is 3.41. The van der Waals surface area contributed by atoms with Gasteiger partial charge < -0.3 is 10.2 Å². The van der Waals surface area contributed by atoms with E-state index in [1.807, 2.05) is 11.0 Å². The first kappa shape index (κ1) is 14.0. The summed E-state index contributed by atoms with van der Waals surface area (Å²) in [6.45, 7) is 6.26. The van der Waals surface area contributed by atoms with Crippen LogP contribution in [0.2, 0.25) is 0 Å². The van der Waals surface area contributed by atoms with Gasteiger partial charge in [0.1, 0.15) is 5.82 Å². The van der Waals surface area contributed by atoms with Crippen molar-refractivity contribution >= 4 is 16.7 Å². The second-order valence-corrected chi connectivity index (χ2v) is 6.18. The Morgan fingerprint density at radius 1 is 1.19 bits per heavy atom. The summed E-state index contributed by atoms with van der Waals surface area (Å²) in [7, 11) is 0. The zero-order chi connectivity index (χ0) is 15.0. The minimum Gasteiger partial charge on any atom is -0.336 e. The monoisotopic (exact) mass is 286 g/mol. The van der Waals surface area contributed by atoms with Gasteiger partial charge in [-0.25, -0.2) is 4.39 Å². The van der Waals surface area contributed by atoms with Gasteiger partial charge in [0, 0.05) is 36.1 Å². The van der Waals surface area contributed by atoms with Crippen LogP contribution in [0, 0.1) is 5.82 Å². The molecule has 1 saturated heterocycles. The van der Waals surface area contributed by atoms with E-state index in [4.69, 9.17) is 0 Å². The summed E-state index contributed by atoms with van der Waals surface area (Å²) in [4.78, 5) is 14.6. The van der Waals surface area contributed by atoms with E-state index >= 15 is 0 Å². The minimum atomic E-state index is -0.289. The van der Waals surface area contributed by atoms with Crippen LogP contribution < -0.4 is 5.32 Å². The van der Waals surface area contributed by atoms with Crippen LogP contribution in [-0.2, 0) is 0 Å². The summed E-state index contributed by atoms with van der Waals surface area (Å²) in [6, 6.07) is 10.1. The van der Waals surface area contributed by atoms with Crippen molar-refractivity contribution in [3.63, 3.8) is 0 Å². The zero-order valence-electron chi connectivity index (χ0n) is 12.3. The van der Waals surface area contributed by atoms with Gasteiger partial charge in [0.05, 0.1) is 0 Å². The third-order valence-corrected chi connectivity index (χ3v) is 3.96. The SMILES string of the molecule is CC1(C)CN(C(=O)c2ccc(F)c3ccccc23)CCN1. The maximum absolute atomic E-state index is 13.9. The number of rotatable bonds is 1. The molecule has 3 nitrogen and oxygen atoms in total. The van der Waals surface area contributed by atoms with Crippen molar-refractivity contribution in [3.8, 4) is 0 Å². The standard InChI is InChI=1S/C17H19FN2O/c1-17(2)11-20(10-9-19-17)16(21)14-7-8-15(18)13-6-4-3-5-12(13)14/h3-8,19H,9-11H2,1-2H3. The van der Waals surface area contributed by atoms with Gasteiger partial charge in [0.2, 0.25) is 0 Å². The van der Waals surface area contributed by atoms with Crippen molar-refractivity contribution in [2.75, 3.05) is 19.6 Å². The second kappa shape index (κ2) is 5.11. The smallest absolute Gasteiger partial charge is 0.254 e. The van der Waals surface area contributed by atoms with Crippen LogP contribution in [0.4, 0.5) is 4.39 Å². The molecule has 0 spiro atoms. The highest BCUT2D eigenvalue weighted by Gasteiger charge is 2.29. The van der Waals surface area contributed by atoms with Gasteiger partial charge in [0.15, 0.2) is 0 Å². The maximum atomic E-state index is 13.9. The van der Waals surface area contributed by atoms with Crippen molar-refractivity contribution < 1.29 is 9.18 Å². The largest absolute Gasteiger partial charge is 0.336 e. The number of amides is 1.